The standard InChI is InChI=1S/C20H25NO5.ClH/c1-20(2,3)21-11-15(22)14-8-9-16(25-18(23)12-4-5-12)17(10-14)26-19(24)13-6-7-13;/h8-10,12-13,21H,4-7,11H2,1-3H3;1H. The Morgan fingerprint density at radius 3 is 1.96 bits per heavy atom. The van der Waals surface area contributed by atoms with Crippen LogP contribution in [-0.2, 0) is 9.59 Å². The molecule has 1 aromatic carbocycles. The zero-order valence-electron chi connectivity index (χ0n) is 15.9. The quantitative estimate of drug-likeness (QED) is 0.433. The number of carbonyl (C=O) groups excluding carboxylic acids is 3. The molecule has 2 aliphatic rings. The fraction of sp³-hybridized carbons (Fsp3) is 0.550. The molecule has 0 atom stereocenters. The van der Waals surface area contributed by atoms with Crippen LogP contribution in [0.25, 0.3) is 0 Å². The molecule has 2 fully saturated rings. The van der Waals surface area contributed by atoms with E-state index in [0.717, 1.165) is 25.7 Å². The Morgan fingerprint density at radius 2 is 1.48 bits per heavy atom. The summed E-state index contributed by atoms with van der Waals surface area (Å²) < 4.78 is 10.8. The van der Waals surface area contributed by atoms with Gasteiger partial charge in [-0.25, -0.2) is 0 Å². The highest BCUT2D eigenvalue weighted by Gasteiger charge is 2.34. The minimum Gasteiger partial charge on any atom is -0.422 e. The lowest BCUT2D eigenvalue weighted by molar-refractivity contribution is -0.138. The average molecular weight is 396 g/mol. The van der Waals surface area contributed by atoms with Crippen LogP contribution in [0.2, 0.25) is 0 Å². The van der Waals surface area contributed by atoms with E-state index in [-0.39, 0.29) is 65.5 Å². The van der Waals surface area contributed by atoms with Gasteiger partial charge < -0.3 is 14.8 Å². The van der Waals surface area contributed by atoms with Crippen molar-refractivity contribution in [3.05, 3.63) is 23.8 Å². The van der Waals surface area contributed by atoms with Crippen LogP contribution in [0.1, 0.15) is 56.8 Å². The monoisotopic (exact) mass is 395 g/mol. The van der Waals surface area contributed by atoms with Crippen molar-refractivity contribution in [2.24, 2.45) is 11.8 Å². The number of ketones is 1. The fourth-order valence-electron chi connectivity index (χ4n) is 2.31. The number of Topliss-reactive ketones (excluding diaryl/α,β-unsaturated/α-hetero) is 1. The van der Waals surface area contributed by atoms with Crippen LogP contribution in [0.4, 0.5) is 0 Å². The molecule has 0 saturated heterocycles. The number of halogens is 1. The van der Waals surface area contributed by atoms with Crippen LogP contribution in [0.15, 0.2) is 18.2 Å². The number of ether oxygens (including phenoxy) is 2. The molecule has 0 unspecified atom stereocenters. The average Bonchev–Trinajstić information content (AvgIpc) is 3.45. The van der Waals surface area contributed by atoms with Gasteiger partial charge in [-0.15, -0.1) is 12.4 Å². The highest BCUT2D eigenvalue weighted by molar-refractivity contribution is 5.98. The third-order valence-corrected chi connectivity index (χ3v) is 4.29. The highest BCUT2D eigenvalue weighted by Crippen LogP contribution is 2.36. The Morgan fingerprint density at radius 1 is 0.963 bits per heavy atom. The van der Waals surface area contributed by atoms with Gasteiger partial charge in [0.2, 0.25) is 0 Å². The van der Waals surface area contributed by atoms with E-state index in [1.807, 2.05) is 20.8 Å². The third kappa shape index (κ3) is 6.33. The van der Waals surface area contributed by atoms with Gasteiger partial charge >= 0.3 is 11.9 Å². The summed E-state index contributed by atoms with van der Waals surface area (Å²) in [5.41, 5.74) is 0.225. The van der Waals surface area contributed by atoms with Crippen molar-refractivity contribution < 1.29 is 23.9 Å². The van der Waals surface area contributed by atoms with E-state index in [4.69, 9.17) is 9.47 Å². The van der Waals surface area contributed by atoms with Crippen molar-refractivity contribution in [3.63, 3.8) is 0 Å². The molecule has 3 rings (SSSR count). The van der Waals surface area contributed by atoms with Gasteiger partial charge in [-0.3, -0.25) is 14.4 Å². The SMILES string of the molecule is CC(C)(C)NCC(=O)c1ccc(OC(=O)C2CC2)c(OC(=O)C2CC2)c1.Cl. The van der Waals surface area contributed by atoms with Crippen molar-refractivity contribution in [2.45, 2.75) is 52.0 Å². The van der Waals surface area contributed by atoms with Crippen molar-refractivity contribution >= 4 is 30.1 Å². The summed E-state index contributed by atoms with van der Waals surface area (Å²) in [7, 11) is 0. The van der Waals surface area contributed by atoms with Crippen LogP contribution < -0.4 is 14.8 Å². The number of esters is 2. The second kappa shape index (κ2) is 8.40. The topological polar surface area (TPSA) is 81.7 Å². The summed E-state index contributed by atoms with van der Waals surface area (Å²) in [6.07, 6.45) is 3.27. The van der Waals surface area contributed by atoms with E-state index in [0.29, 0.717) is 5.56 Å². The van der Waals surface area contributed by atoms with E-state index in [1.165, 1.54) is 12.1 Å². The largest absolute Gasteiger partial charge is 0.422 e. The molecule has 0 aromatic heterocycles. The number of carbonyl (C=O) groups is 3. The van der Waals surface area contributed by atoms with E-state index in [9.17, 15) is 14.4 Å². The molecule has 0 heterocycles. The lowest BCUT2D eigenvalue weighted by atomic mass is 10.1. The number of rotatable bonds is 7. The molecule has 7 heteroatoms. The minimum absolute atomic E-state index is 0. The Hall–Kier alpha value is -1.92. The summed E-state index contributed by atoms with van der Waals surface area (Å²) in [5, 5.41) is 3.14. The maximum absolute atomic E-state index is 12.4. The second-order valence-corrected chi connectivity index (χ2v) is 8.08. The maximum Gasteiger partial charge on any atom is 0.314 e. The molecule has 1 aromatic rings. The Kier molecular flexibility index (Phi) is 6.65. The highest BCUT2D eigenvalue weighted by atomic mass is 35.5. The zero-order chi connectivity index (χ0) is 18.9. The molecule has 27 heavy (non-hydrogen) atoms. The number of hydrogen-bond donors (Lipinski definition) is 1. The maximum atomic E-state index is 12.4. The zero-order valence-corrected chi connectivity index (χ0v) is 16.7. The fourth-order valence-corrected chi connectivity index (χ4v) is 2.31. The van der Waals surface area contributed by atoms with Gasteiger partial charge in [0, 0.05) is 11.1 Å². The number of nitrogens with one attached hydrogen (secondary N) is 1. The molecule has 148 valence electrons. The number of hydrogen-bond acceptors (Lipinski definition) is 6. The number of benzene rings is 1. The van der Waals surface area contributed by atoms with E-state index in [1.54, 1.807) is 6.07 Å². The van der Waals surface area contributed by atoms with Crippen LogP contribution in [0, 0.1) is 11.8 Å². The molecule has 0 amide bonds. The molecular weight excluding hydrogens is 370 g/mol. The van der Waals surface area contributed by atoms with Gasteiger partial charge in [-0.2, -0.15) is 0 Å². The Labute approximate surface area is 165 Å². The first-order valence-corrected chi connectivity index (χ1v) is 9.08. The molecule has 0 spiro atoms. The van der Waals surface area contributed by atoms with Gasteiger partial charge in [0.05, 0.1) is 18.4 Å². The summed E-state index contributed by atoms with van der Waals surface area (Å²) >= 11 is 0. The molecular formula is C20H26ClNO5. The third-order valence-electron chi connectivity index (χ3n) is 4.29. The minimum atomic E-state index is -0.342. The summed E-state index contributed by atoms with van der Waals surface area (Å²) in [4.78, 5) is 36.4. The first-order valence-electron chi connectivity index (χ1n) is 9.08. The molecule has 2 aliphatic carbocycles. The lowest BCUT2D eigenvalue weighted by Gasteiger charge is -2.20. The predicted molar refractivity (Wildman–Crippen MR) is 102 cm³/mol. The van der Waals surface area contributed by atoms with Gasteiger partial charge in [-0.1, -0.05) is 0 Å². The van der Waals surface area contributed by atoms with Gasteiger partial charge in [0.15, 0.2) is 17.3 Å². The van der Waals surface area contributed by atoms with Crippen molar-refractivity contribution in [1.29, 1.82) is 0 Å². The summed E-state index contributed by atoms with van der Waals surface area (Å²) in [6.45, 7) is 6.09. The summed E-state index contributed by atoms with van der Waals surface area (Å²) in [5.74, 6) is -0.617. The summed E-state index contributed by atoms with van der Waals surface area (Å²) in [6, 6.07) is 4.61. The van der Waals surface area contributed by atoms with Crippen molar-refractivity contribution in [1.82, 2.24) is 5.32 Å². The van der Waals surface area contributed by atoms with Crippen LogP contribution in [0.5, 0.6) is 11.5 Å². The second-order valence-electron chi connectivity index (χ2n) is 8.08. The van der Waals surface area contributed by atoms with Crippen molar-refractivity contribution in [3.8, 4) is 11.5 Å². The molecule has 6 nitrogen and oxygen atoms in total. The van der Waals surface area contributed by atoms with Crippen LogP contribution in [-0.4, -0.2) is 29.8 Å². The lowest BCUT2D eigenvalue weighted by Crippen LogP contribution is -2.39. The van der Waals surface area contributed by atoms with E-state index in [2.05, 4.69) is 5.32 Å². The van der Waals surface area contributed by atoms with Gasteiger partial charge in [-0.05, 0) is 64.7 Å². The normalized spacial score (nSPS) is 16.3. The van der Waals surface area contributed by atoms with Gasteiger partial charge in [0.25, 0.3) is 0 Å². The molecule has 1 N–H and O–H groups in total. The molecule has 0 radical (unpaired) electrons. The first-order chi connectivity index (χ1) is 12.2. The van der Waals surface area contributed by atoms with Crippen LogP contribution in [0.3, 0.4) is 0 Å². The van der Waals surface area contributed by atoms with Gasteiger partial charge in [0.1, 0.15) is 0 Å². The van der Waals surface area contributed by atoms with Crippen molar-refractivity contribution in [2.75, 3.05) is 6.54 Å². The predicted octanol–water partition coefficient (Wildman–Crippen LogP) is 3.31. The molecule has 2 saturated carbocycles. The van der Waals surface area contributed by atoms with E-state index < -0.39 is 0 Å². The molecule has 0 aliphatic heterocycles. The Balaban J connectivity index is 0.00000261. The van der Waals surface area contributed by atoms with Crippen LogP contribution >= 0.6 is 12.4 Å². The first kappa shape index (κ1) is 21.4. The smallest absolute Gasteiger partial charge is 0.314 e. The Bertz CT molecular complexity index is 732. The van der Waals surface area contributed by atoms with E-state index >= 15 is 0 Å². The molecule has 0 bridgehead atoms.